The third-order valence-corrected chi connectivity index (χ3v) is 11.2. The molecule has 0 radical (unpaired) electrons. The summed E-state index contributed by atoms with van der Waals surface area (Å²) in [4.78, 5) is 26.7. The Balaban J connectivity index is 1.27. The van der Waals surface area contributed by atoms with Crippen LogP contribution in [0, 0.1) is 0 Å². The number of Topliss-reactive ketones (excluding diaryl/α,β-unsaturated/α-hetero) is 2. The summed E-state index contributed by atoms with van der Waals surface area (Å²) in [5, 5.41) is 164. The van der Waals surface area contributed by atoms with E-state index >= 15 is 0 Å². The van der Waals surface area contributed by atoms with Crippen LogP contribution < -0.4 is 0 Å². The molecular weight excluding hydrogens is 792 g/mol. The number of carbonyl (C=O) groups is 2. The van der Waals surface area contributed by atoms with Gasteiger partial charge in [-0.25, -0.2) is 0 Å². The van der Waals surface area contributed by atoms with Gasteiger partial charge in [0.1, 0.15) is 85.5 Å². The standard InChI is InChI=1S/C34H58O24/c35-9-13-25(17(41)21(45)29(51)53-13)55-31-23(47)19(43)27(49)33(11-37,57-31)15(39)7-5-3-1-2-4-6-8-16(40)34(12-38)28(50)20(44)24(48)32(58-34)56-26-14(10-36)54-30(52)22(46)18(26)42/h13-14,17-32,35-38,41-52H,1-12H2/t13-,14-,17-,18-,19-,20-,21-,22-,23-,24-,25-,26-,27-,28-,29-,30-,31+,32+,33+,34+/m1/s1. The van der Waals surface area contributed by atoms with E-state index < -0.39 is 160 Å². The third-order valence-electron chi connectivity index (χ3n) is 11.2. The molecule has 0 bridgehead atoms. The van der Waals surface area contributed by atoms with Crippen LogP contribution in [0.4, 0.5) is 0 Å². The van der Waals surface area contributed by atoms with Gasteiger partial charge in [0.05, 0.1) is 26.4 Å². The number of ketones is 2. The van der Waals surface area contributed by atoms with Crippen LogP contribution in [0.25, 0.3) is 0 Å². The molecule has 4 heterocycles. The summed E-state index contributed by atoms with van der Waals surface area (Å²) in [6.45, 7) is -4.04. The summed E-state index contributed by atoms with van der Waals surface area (Å²) < 4.78 is 32.0. The van der Waals surface area contributed by atoms with Gasteiger partial charge in [0.2, 0.25) is 0 Å². The Morgan fingerprint density at radius 2 is 0.776 bits per heavy atom. The summed E-state index contributed by atoms with van der Waals surface area (Å²) in [5.74, 6) is -1.77. The molecule has 16 N–H and O–H groups in total. The fourth-order valence-corrected chi connectivity index (χ4v) is 7.54. The van der Waals surface area contributed by atoms with E-state index in [2.05, 4.69) is 0 Å². The second-order valence-corrected chi connectivity index (χ2v) is 15.0. The normalized spacial score (nSPS) is 46.2. The molecule has 0 amide bonds. The Labute approximate surface area is 330 Å². The molecule has 0 saturated carbocycles. The average molecular weight is 851 g/mol. The van der Waals surface area contributed by atoms with Gasteiger partial charge >= 0.3 is 0 Å². The first kappa shape index (κ1) is 49.1. The van der Waals surface area contributed by atoms with Crippen LogP contribution in [0.3, 0.4) is 0 Å². The molecule has 4 aliphatic heterocycles. The maximum Gasteiger partial charge on any atom is 0.188 e. The molecule has 0 aromatic rings. The predicted octanol–water partition coefficient (Wildman–Crippen LogP) is -8.78. The molecule has 0 aliphatic carbocycles. The molecule has 24 nitrogen and oxygen atoms in total. The maximum absolute atomic E-state index is 13.4. The average Bonchev–Trinajstić information content (AvgIpc) is 3.21. The van der Waals surface area contributed by atoms with Crippen LogP contribution in [0.1, 0.15) is 51.4 Å². The Kier molecular flexibility index (Phi) is 17.8. The Hall–Kier alpha value is -1.54. The van der Waals surface area contributed by atoms with Gasteiger partial charge in [-0.15, -0.1) is 0 Å². The van der Waals surface area contributed by atoms with E-state index in [9.17, 15) is 91.3 Å². The van der Waals surface area contributed by atoms with E-state index in [-0.39, 0.29) is 25.7 Å². The maximum atomic E-state index is 13.4. The topological polar surface area (TPSA) is 413 Å². The molecule has 338 valence electrons. The molecule has 4 rings (SSSR count). The van der Waals surface area contributed by atoms with Crippen molar-refractivity contribution in [2.75, 3.05) is 26.4 Å². The van der Waals surface area contributed by atoms with E-state index in [1.54, 1.807) is 0 Å². The molecule has 20 atom stereocenters. The van der Waals surface area contributed by atoms with Gasteiger partial charge in [0, 0.05) is 12.8 Å². The van der Waals surface area contributed by atoms with E-state index in [1.165, 1.54) is 0 Å². The molecule has 24 heteroatoms. The van der Waals surface area contributed by atoms with Gasteiger partial charge in [-0.1, -0.05) is 25.7 Å². The number of hydrogen-bond donors (Lipinski definition) is 16. The minimum Gasteiger partial charge on any atom is -0.394 e. The molecular formula is C34H58O24. The number of hydrogen-bond acceptors (Lipinski definition) is 24. The summed E-state index contributed by atoms with van der Waals surface area (Å²) >= 11 is 0. The fraction of sp³-hybridized carbons (Fsp3) is 0.941. The number of aliphatic hydroxyl groups is 16. The van der Waals surface area contributed by atoms with E-state index in [0.717, 1.165) is 0 Å². The number of rotatable bonds is 19. The molecule has 0 spiro atoms. The van der Waals surface area contributed by atoms with E-state index in [4.69, 9.17) is 28.4 Å². The van der Waals surface area contributed by atoms with Gasteiger partial charge in [-0.2, -0.15) is 0 Å². The van der Waals surface area contributed by atoms with Gasteiger partial charge < -0.3 is 110 Å². The second-order valence-electron chi connectivity index (χ2n) is 15.0. The monoisotopic (exact) mass is 850 g/mol. The Morgan fingerprint density at radius 3 is 1.09 bits per heavy atom. The number of carbonyl (C=O) groups excluding carboxylic acids is 2. The van der Waals surface area contributed by atoms with E-state index in [1.807, 2.05) is 0 Å². The molecule has 58 heavy (non-hydrogen) atoms. The van der Waals surface area contributed by atoms with Crippen LogP contribution >= 0.6 is 0 Å². The van der Waals surface area contributed by atoms with Gasteiger partial charge in [0.25, 0.3) is 0 Å². The van der Waals surface area contributed by atoms with Crippen LogP contribution in [0.2, 0.25) is 0 Å². The highest BCUT2D eigenvalue weighted by Gasteiger charge is 2.60. The van der Waals surface area contributed by atoms with Crippen molar-refractivity contribution < 1.29 is 120 Å². The summed E-state index contributed by atoms with van der Waals surface area (Å²) in [6.07, 6.45) is -32.8. The minimum atomic E-state index is -2.51. The van der Waals surface area contributed by atoms with Gasteiger partial charge in [-0.05, 0) is 12.8 Å². The lowest BCUT2D eigenvalue weighted by atomic mass is 9.81. The highest BCUT2D eigenvalue weighted by molar-refractivity contribution is 5.89. The summed E-state index contributed by atoms with van der Waals surface area (Å²) in [7, 11) is 0. The van der Waals surface area contributed by atoms with Crippen molar-refractivity contribution in [2.24, 2.45) is 0 Å². The van der Waals surface area contributed by atoms with Crippen molar-refractivity contribution >= 4 is 11.6 Å². The van der Waals surface area contributed by atoms with Gasteiger partial charge in [-0.3, -0.25) is 9.59 Å². The second kappa shape index (κ2) is 21.0. The largest absolute Gasteiger partial charge is 0.394 e. The van der Waals surface area contributed by atoms with E-state index in [0.29, 0.717) is 25.7 Å². The van der Waals surface area contributed by atoms with Crippen molar-refractivity contribution in [3.8, 4) is 0 Å². The summed E-state index contributed by atoms with van der Waals surface area (Å²) in [6, 6.07) is 0. The molecule has 4 saturated heterocycles. The highest BCUT2D eigenvalue weighted by Crippen LogP contribution is 2.37. The van der Waals surface area contributed by atoms with Crippen molar-refractivity contribution in [1.82, 2.24) is 0 Å². The fourth-order valence-electron chi connectivity index (χ4n) is 7.54. The van der Waals surface area contributed by atoms with Crippen LogP contribution in [-0.4, -0.2) is 242 Å². The first-order valence-electron chi connectivity index (χ1n) is 19.0. The third kappa shape index (κ3) is 9.89. The zero-order chi connectivity index (χ0) is 43.3. The number of unbranched alkanes of at least 4 members (excludes halogenated alkanes) is 5. The minimum absolute atomic E-state index is 0.175. The zero-order valence-electron chi connectivity index (χ0n) is 31.3. The van der Waals surface area contributed by atoms with Crippen molar-refractivity contribution in [1.29, 1.82) is 0 Å². The quantitative estimate of drug-likeness (QED) is 0.0537. The smallest absolute Gasteiger partial charge is 0.188 e. The van der Waals surface area contributed by atoms with Gasteiger partial charge in [0.15, 0.2) is 47.9 Å². The van der Waals surface area contributed by atoms with Crippen LogP contribution in [-0.2, 0) is 38.0 Å². The zero-order valence-corrected chi connectivity index (χ0v) is 31.3. The molecule has 0 aromatic heterocycles. The molecule has 0 aromatic carbocycles. The van der Waals surface area contributed by atoms with Crippen LogP contribution in [0.5, 0.6) is 0 Å². The van der Waals surface area contributed by atoms with Crippen LogP contribution in [0.15, 0.2) is 0 Å². The predicted molar refractivity (Wildman–Crippen MR) is 182 cm³/mol. The number of ether oxygens (including phenoxy) is 6. The van der Waals surface area contributed by atoms with Crippen molar-refractivity contribution in [3.63, 3.8) is 0 Å². The lowest BCUT2D eigenvalue weighted by Gasteiger charge is -2.49. The highest BCUT2D eigenvalue weighted by atomic mass is 16.7. The summed E-state index contributed by atoms with van der Waals surface area (Å²) in [5.41, 5.74) is -5.01. The van der Waals surface area contributed by atoms with Crippen molar-refractivity contribution in [2.45, 2.75) is 173 Å². The Bertz CT molecular complexity index is 1210. The SMILES string of the molecule is O=C(CCCCCCCCC(=O)[C@]1(CO)O[C@H](O[C@H]2[C@H](O)[C@@H](O)[C@H](O)O[C@@H]2CO)[C@H](O)[C@@H](O)[C@H]1O)[C@]1(CO)O[C@H](O[C@H]2[C@H](O)[C@@H](O)[C@H](O)O[C@@H]2CO)[C@H](O)[C@@H](O)[C@H]1O. The lowest BCUT2D eigenvalue weighted by Crippen LogP contribution is -2.70. The number of aliphatic hydroxyl groups excluding tert-OH is 16. The molecule has 0 unspecified atom stereocenters. The Morgan fingerprint density at radius 1 is 0.448 bits per heavy atom. The lowest BCUT2D eigenvalue weighted by molar-refractivity contribution is -0.368. The first-order chi connectivity index (χ1) is 27.4. The molecule has 4 fully saturated rings. The first-order valence-corrected chi connectivity index (χ1v) is 19.0. The van der Waals surface area contributed by atoms with Crippen molar-refractivity contribution in [3.05, 3.63) is 0 Å². The molecule has 4 aliphatic rings.